The number of carboxylic acid groups (broad SMARTS) is 1. The summed E-state index contributed by atoms with van der Waals surface area (Å²) in [4.78, 5) is 23.9. The first-order chi connectivity index (χ1) is 10.6. The van der Waals surface area contributed by atoms with Gasteiger partial charge in [0.15, 0.2) is 11.5 Å². The van der Waals surface area contributed by atoms with Crippen LogP contribution in [0.1, 0.15) is 12.8 Å². The van der Waals surface area contributed by atoms with Crippen LogP contribution in [0.2, 0.25) is 0 Å². The van der Waals surface area contributed by atoms with Crippen molar-refractivity contribution in [1.82, 2.24) is 0 Å². The first kappa shape index (κ1) is 13.4. The molecule has 0 aliphatic carbocycles. The molecule has 0 aromatic heterocycles. The maximum absolute atomic E-state index is 12.5. The number of nitrogens with one attached hydrogen (secondary N) is 1. The number of carbonyl (C=O) groups excluding carboxylic acids is 1. The van der Waals surface area contributed by atoms with E-state index in [4.69, 9.17) is 14.2 Å². The fourth-order valence-electron chi connectivity index (χ4n) is 3.52. The molecule has 4 atom stereocenters. The van der Waals surface area contributed by atoms with Gasteiger partial charge in [0.1, 0.15) is 0 Å². The van der Waals surface area contributed by atoms with Gasteiger partial charge in [-0.25, -0.2) is 0 Å². The molecule has 0 spiro atoms. The topological polar surface area (TPSA) is 94.1 Å². The first-order valence-corrected chi connectivity index (χ1v) is 7.22. The second-order valence-corrected chi connectivity index (χ2v) is 5.74. The predicted molar refractivity (Wildman–Crippen MR) is 73.7 cm³/mol. The molecule has 0 radical (unpaired) electrons. The van der Waals surface area contributed by atoms with E-state index >= 15 is 0 Å². The van der Waals surface area contributed by atoms with Gasteiger partial charge in [0.2, 0.25) is 12.7 Å². The molecule has 0 unspecified atom stereocenters. The van der Waals surface area contributed by atoms with E-state index in [0.717, 1.165) is 6.42 Å². The molecule has 3 aliphatic heterocycles. The van der Waals surface area contributed by atoms with E-state index in [1.54, 1.807) is 18.2 Å². The third kappa shape index (κ3) is 2.00. The second kappa shape index (κ2) is 4.88. The lowest BCUT2D eigenvalue weighted by Crippen LogP contribution is -2.40. The monoisotopic (exact) mass is 305 g/mol. The van der Waals surface area contributed by atoms with E-state index in [9.17, 15) is 14.7 Å². The number of aliphatic carboxylic acids is 1. The highest BCUT2D eigenvalue weighted by molar-refractivity contribution is 5.96. The van der Waals surface area contributed by atoms with E-state index in [1.165, 1.54) is 0 Å². The first-order valence-electron chi connectivity index (χ1n) is 7.22. The van der Waals surface area contributed by atoms with Gasteiger partial charge in [0, 0.05) is 11.8 Å². The molecular weight excluding hydrogens is 290 g/mol. The molecule has 2 N–H and O–H groups in total. The van der Waals surface area contributed by atoms with E-state index in [-0.39, 0.29) is 24.9 Å². The SMILES string of the molecule is O=C(O)[C@@H]1[C@H](C(=O)Nc2ccc3c(c2)OCO3)[C@@H]2CC[C@@H]1O2. The van der Waals surface area contributed by atoms with E-state index < -0.39 is 17.8 Å². The van der Waals surface area contributed by atoms with Gasteiger partial charge >= 0.3 is 5.97 Å². The second-order valence-electron chi connectivity index (χ2n) is 5.74. The number of carbonyl (C=O) groups is 2. The Bertz CT molecular complexity index is 645. The number of fused-ring (bicyclic) bond motifs is 3. The molecule has 2 bridgehead atoms. The smallest absolute Gasteiger partial charge is 0.310 e. The van der Waals surface area contributed by atoms with Crippen LogP contribution >= 0.6 is 0 Å². The maximum atomic E-state index is 12.5. The average Bonchev–Trinajstić information content (AvgIpc) is 3.20. The summed E-state index contributed by atoms with van der Waals surface area (Å²) in [7, 11) is 0. The Kier molecular flexibility index (Phi) is 2.97. The van der Waals surface area contributed by atoms with E-state index in [2.05, 4.69) is 5.32 Å². The van der Waals surface area contributed by atoms with Crippen molar-refractivity contribution in [2.75, 3.05) is 12.1 Å². The maximum Gasteiger partial charge on any atom is 0.310 e. The lowest BCUT2D eigenvalue weighted by atomic mass is 9.78. The number of ether oxygens (including phenoxy) is 3. The molecule has 7 nitrogen and oxygen atoms in total. The minimum atomic E-state index is -0.974. The summed E-state index contributed by atoms with van der Waals surface area (Å²) in [6.07, 6.45) is 0.776. The molecule has 2 fully saturated rings. The summed E-state index contributed by atoms with van der Waals surface area (Å²) >= 11 is 0. The predicted octanol–water partition coefficient (Wildman–Crippen LogP) is 1.23. The number of anilines is 1. The Hall–Kier alpha value is -2.28. The van der Waals surface area contributed by atoms with Crippen LogP contribution in [0.15, 0.2) is 18.2 Å². The Morgan fingerprint density at radius 3 is 2.59 bits per heavy atom. The van der Waals surface area contributed by atoms with E-state index in [0.29, 0.717) is 23.6 Å². The molecule has 2 saturated heterocycles. The van der Waals surface area contributed by atoms with Crippen LogP contribution in [-0.4, -0.2) is 36.0 Å². The van der Waals surface area contributed by atoms with Gasteiger partial charge in [-0.3, -0.25) is 9.59 Å². The highest BCUT2D eigenvalue weighted by Gasteiger charge is 2.55. The lowest BCUT2D eigenvalue weighted by molar-refractivity contribution is -0.147. The molecule has 22 heavy (non-hydrogen) atoms. The van der Waals surface area contributed by atoms with Crippen molar-refractivity contribution in [3.63, 3.8) is 0 Å². The summed E-state index contributed by atoms with van der Waals surface area (Å²) in [5.74, 6) is -1.52. The normalized spacial score (nSPS) is 31.3. The van der Waals surface area contributed by atoms with Crippen molar-refractivity contribution < 1.29 is 28.9 Å². The Morgan fingerprint density at radius 2 is 1.82 bits per heavy atom. The molecule has 1 amide bonds. The van der Waals surface area contributed by atoms with Gasteiger partial charge in [-0.2, -0.15) is 0 Å². The summed E-state index contributed by atoms with van der Waals surface area (Å²) < 4.78 is 16.1. The zero-order chi connectivity index (χ0) is 15.3. The average molecular weight is 305 g/mol. The zero-order valence-electron chi connectivity index (χ0n) is 11.7. The Labute approximate surface area is 126 Å². The van der Waals surface area contributed by atoms with Crippen molar-refractivity contribution in [1.29, 1.82) is 0 Å². The molecule has 116 valence electrons. The minimum absolute atomic E-state index is 0.161. The molecule has 3 heterocycles. The van der Waals surface area contributed by atoms with Gasteiger partial charge in [-0.05, 0) is 25.0 Å². The Morgan fingerprint density at radius 1 is 1.09 bits per heavy atom. The number of rotatable bonds is 3. The summed E-state index contributed by atoms with van der Waals surface area (Å²) in [5, 5.41) is 12.1. The third-order valence-corrected chi connectivity index (χ3v) is 4.50. The standard InChI is InChI=1S/C15H15NO6/c17-14(12-9-3-4-10(22-9)13(12)15(18)19)16-7-1-2-8-11(5-7)21-6-20-8/h1-2,5,9-10,12-13H,3-4,6H2,(H,16,17)(H,18,19)/t9-,10-,12+,13-/m0/s1. The van der Waals surface area contributed by atoms with Crippen LogP contribution in [0.4, 0.5) is 5.69 Å². The largest absolute Gasteiger partial charge is 0.481 e. The molecule has 1 aromatic carbocycles. The van der Waals surface area contributed by atoms with Crippen LogP contribution in [0.3, 0.4) is 0 Å². The quantitative estimate of drug-likeness (QED) is 0.872. The molecule has 3 aliphatic rings. The molecular formula is C15H15NO6. The highest BCUT2D eigenvalue weighted by Crippen LogP contribution is 2.44. The molecule has 4 rings (SSSR count). The fraction of sp³-hybridized carbons (Fsp3) is 0.467. The number of carboxylic acids is 1. The summed E-state index contributed by atoms with van der Waals surface area (Å²) in [6, 6.07) is 5.09. The van der Waals surface area contributed by atoms with Crippen LogP contribution in [-0.2, 0) is 14.3 Å². The van der Waals surface area contributed by atoms with Crippen LogP contribution < -0.4 is 14.8 Å². The van der Waals surface area contributed by atoms with Crippen molar-refractivity contribution >= 4 is 17.6 Å². The number of hydrogen-bond donors (Lipinski definition) is 2. The zero-order valence-corrected chi connectivity index (χ0v) is 11.7. The third-order valence-electron chi connectivity index (χ3n) is 4.50. The van der Waals surface area contributed by atoms with Gasteiger partial charge in [0.05, 0.1) is 24.0 Å². The number of amides is 1. The minimum Gasteiger partial charge on any atom is -0.481 e. The number of benzene rings is 1. The number of hydrogen-bond acceptors (Lipinski definition) is 5. The highest BCUT2D eigenvalue weighted by atomic mass is 16.7. The van der Waals surface area contributed by atoms with Crippen molar-refractivity contribution in [3.05, 3.63) is 18.2 Å². The Balaban J connectivity index is 1.53. The van der Waals surface area contributed by atoms with Gasteiger partial charge in [-0.15, -0.1) is 0 Å². The van der Waals surface area contributed by atoms with Crippen molar-refractivity contribution in [3.8, 4) is 11.5 Å². The van der Waals surface area contributed by atoms with Crippen LogP contribution in [0.5, 0.6) is 11.5 Å². The van der Waals surface area contributed by atoms with Crippen molar-refractivity contribution in [2.45, 2.75) is 25.0 Å². The van der Waals surface area contributed by atoms with Crippen LogP contribution in [0, 0.1) is 11.8 Å². The fourth-order valence-corrected chi connectivity index (χ4v) is 3.52. The summed E-state index contributed by atoms with van der Waals surface area (Å²) in [6.45, 7) is 0.161. The van der Waals surface area contributed by atoms with Gasteiger partial charge in [-0.1, -0.05) is 0 Å². The van der Waals surface area contributed by atoms with E-state index in [1.807, 2.05) is 0 Å². The van der Waals surface area contributed by atoms with Gasteiger partial charge < -0.3 is 24.6 Å². The molecule has 7 heteroatoms. The van der Waals surface area contributed by atoms with Crippen LogP contribution in [0.25, 0.3) is 0 Å². The molecule has 1 aromatic rings. The summed E-state index contributed by atoms with van der Waals surface area (Å²) in [5.41, 5.74) is 0.557. The lowest BCUT2D eigenvalue weighted by Gasteiger charge is -2.23. The van der Waals surface area contributed by atoms with Gasteiger partial charge in [0.25, 0.3) is 0 Å². The molecule has 0 saturated carbocycles. The van der Waals surface area contributed by atoms with Crippen molar-refractivity contribution in [2.24, 2.45) is 11.8 Å².